The van der Waals surface area contributed by atoms with E-state index in [2.05, 4.69) is 27.7 Å². The minimum absolute atomic E-state index is 0.0192. The van der Waals surface area contributed by atoms with Crippen molar-refractivity contribution >= 4 is 17.4 Å². The number of likely N-dealkylation sites (tertiary alicyclic amines) is 1. The van der Waals surface area contributed by atoms with Crippen molar-refractivity contribution in [2.45, 2.75) is 46.1 Å². The number of ketones is 1. The fraction of sp³-hybridized carbons (Fsp3) is 0.429. The van der Waals surface area contributed by atoms with Crippen LogP contribution in [0.5, 0.6) is 5.75 Å². The van der Waals surface area contributed by atoms with Gasteiger partial charge < -0.3 is 19.6 Å². The SMILES string of the molecule is CC[NH+](CC)CCCN1C(=O)C(=O)/C(=C(/[O-])c2cccc(OC)c2)C1c1ccc(C(C)C)cc1. The molecule has 1 fully saturated rings. The van der Waals surface area contributed by atoms with Gasteiger partial charge in [-0.3, -0.25) is 9.59 Å². The number of amides is 1. The lowest BCUT2D eigenvalue weighted by Gasteiger charge is -2.28. The van der Waals surface area contributed by atoms with Gasteiger partial charge in [0.2, 0.25) is 5.78 Å². The van der Waals surface area contributed by atoms with Gasteiger partial charge in [0.25, 0.3) is 5.91 Å². The maximum absolute atomic E-state index is 13.6. The molecule has 1 aliphatic rings. The number of quaternary nitrogens is 1. The van der Waals surface area contributed by atoms with Gasteiger partial charge in [0, 0.05) is 18.5 Å². The van der Waals surface area contributed by atoms with Gasteiger partial charge in [-0.25, -0.2) is 0 Å². The summed E-state index contributed by atoms with van der Waals surface area (Å²) in [4.78, 5) is 29.3. The number of ether oxygens (including phenoxy) is 1. The van der Waals surface area contributed by atoms with Crippen LogP contribution in [-0.2, 0) is 9.59 Å². The lowest BCUT2D eigenvalue weighted by atomic mass is 9.93. The average molecular weight is 465 g/mol. The summed E-state index contributed by atoms with van der Waals surface area (Å²) in [5.41, 5.74) is 2.31. The van der Waals surface area contributed by atoms with E-state index >= 15 is 0 Å². The lowest BCUT2D eigenvalue weighted by Crippen LogP contribution is -3.11. The molecule has 1 N–H and O–H groups in total. The molecule has 0 aliphatic carbocycles. The third-order valence-electron chi connectivity index (χ3n) is 6.71. The first-order chi connectivity index (χ1) is 16.3. The van der Waals surface area contributed by atoms with E-state index in [0.717, 1.165) is 37.2 Å². The molecule has 1 amide bonds. The monoisotopic (exact) mass is 464 g/mol. The van der Waals surface area contributed by atoms with Crippen molar-refractivity contribution in [1.82, 2.24) is 4.90 Å². The summed E-state index contributed by atoms with van der Waals surface area (Å²) in [5.74, 6) is -0.845. The average Bonchev–Trinajstić information content (AvgIpc) is 3.11. The number of carbonyl (C=O) groups excluding carboxylic acids is 2. The van der Waals surface area contributed by atoms with Crippen molar-refractivity contribution in [3.05, 3.63) is 70.8 Å². The van der Waals surface area contributed by atoms with Crippen molar-refractivity contribution in [1.29, 1.82) is 0 Å². The summed E-state index contributed by atoms with van der Waals surface area (Å²) < 4.78 is 5.25. The molecule has 6 heteroatoms. The standard InChI is InChI=1S/C28H36N2O4/c1-6-29(7-2)16-9-17-30-25(21-14-12-20(13-15-21)19(3)4)24(27(32)28(30)33)26(31)22-10-8-11-23(18-22)34-5/h8,10-15,18-19,25,31H,6-7,9,16-17H2,1-5H3/b26-24+. The number of nitrogens with zero attached hydrogens (tertiary/aromatic N) is 1. The topological polar surface area (TPSA) is 74.1 Å². The van der Waals surface area contributed by atoms with Gasteiger partial charge in [0.05, 0.1) is 32.8 Å². The highest BCUT2D eigenvalue weighted by molar-refractivity contribution is 6.46. The second-order valence-corrected chi connectivity index (χ2v) is 9.09. The Balaban J connectivity index is 2.05. The number of benzene rings is 2. The van der Waals surface area contributed by atoms with E-state index in [0.29, 0.717) is 23.8 Å². The minimum Gasteiger partial charge on any atom is -0.872 e. The highest BCUT2D eigenvalue weighted by atomic mass is 16.5. The van der Waals surface area contributed by atoms with Crippen LogP contribution in [0.3, 0.4) is 0 Å². The van der Waals surface area contributed by atoms with E-state index in [1.165, 1.54) is 12.0 Å². The number of carbonyl (C=O) groups is 2. The Morgan fingerprint density at radius 2 is 1.76 bits per heavy atom. The summed E-state index contributed by atoms with van der Waals surface area (Å²) in [5, 5.41) is 13.6. The first kappa shape index (κ1) is 25.5. The fourth-order valence-electron chi connectivity index (χ4n) is 4.53. The molecule has 182 valence electrons. The van der Waals surface area contributed by atoms with Gasteiger partial charge >= 0.3 is 0 Å². The molecule has 1 saturated heterocycles. The van der Waals surface area contributed by atoms with Gasteiger partial charge in [-0.15, -0.1) is 0 Å². The van der Waals surface area contributed by atoms with Crippen LogP contribution >= 0.6 is 0 Å². The molecule has 0 radical (unpaired) electrons. The molecule has 0 saturated carbocycles. The predicted molar refractivity (Wildman–Crippen MR) is 131 cm³/mol. The second-order valence-electron chi connectivity index (χ2n) is 9.09. The highest BCUT2D eigenvalue weighted by Crippen LogP contribution is 2.39. The second kappa shape index (κ2) is 11.3. The normalized spacial score (nSPS) is 17.7. The van der Waals surface area contributed by atoms with Crippen LogP contribution in [0.4, 0.5) is 0 Å². The zero-order valence-corrected chi connectivity index (χ0v) is 20.9. The van der Waals surface area contributed by atoms with E-state index in [1.54, 1.807) is 29.2 Å². The third kappa shape index (κ3) is 5.33. The van der Waals surface area contributed by atoms with Gasteiger partial charge in [-0.05, 0) is 48.6 Å². The van der Waals surface area contributed by atoms with E-state index in [4.69, 9.17) is 4.74 Å². The van der Waals surface area contributed by atoms with Crippen LogP contribution in [0.25, 0.3) is 5.76 Å². The zero-order valence-electron chi connectivity index (χ0n) is 20.9. The van der Waals surface area contributed by atoms with Crippen molar-refractivity contribution < 1.29 is 24.3 Å². The molecule has 3 rings (SSSR count). The Labute approximate surface area is 202 Å². The van der Waals surface area contributed by atoms with Crippen molar-refractivity contribution in [3.8, 4) is 5.75 Å². The lowest BCUT2D eigenvalue weighted by molar-refractivity contribution is -0.896. The van der Waals surface area contributed by atoms with Crippen molar-refractivity contribution in [2.75, 3.05) is 33.3 Å². The molecular weight excluding hydrogens is 428 g/mol. The van der Waals surface area contributed by atoms with Crippen LogP contribution in [0, 0.1) is 0 Å². The smallest absolute Gasteiger partial charge is 0.295 e. The highest BCUT2D eigenvalue weighted by Gasteiger charge is 2.44. The Kier molecular flexibility index (Phi) is 8.51. The largest absolute Gasteiger partial charge is 0.872 e. The zero-order chi connectivity index (χ0) is 24.8. The predicted octanol–water partition coefficient (Wildman–Crippen LogP) is 2.36. The number of hydrogen-bond acceptors (Lipinski definition) is 4. The van der Waals surface area contributed by atoms with Gasteiger partial charge in [0.1, 0.15) is 5.75 Å². The number of methoxy groups -OCH3 is 1. The van der Waals surface area contributed by atoms with E-state index < -0.39 is 23.5 Å². The van der Waals surface area contributed by atoms with E-state index in [1.807, 2.05) is 24.3 Å². The molecule has 2 aromatic carbocycles. The van der Waals surface area contributed by atoms with E-state index in [-0.39, 0.29) is 5.57 Å². The minimum atomic E-state index is -0.707. The fourth-order valence-corrected chi connectivity index (χ4v) is 4.53. The molecule has 1 unspecified atom stereocenters. The number of nitrogens with one attached hydrogen (secondary N) is 1. The Morgan fingerprint density at radius 1 is 1.09 bits per heavy atom. The van der Waals surface area contributed by atoms with Crippen LogP contribution in [0.1, 0.15) is 62.8 Å². The quantitative estimate of drug-likeness (QED) is 0.333. The first-order valence-corrected chi connectivity index (χ1v) is 12.2. The molecule has 0 aromatic heterocycles. The maximum atomic E-state index is 13.6. The Hall–Kier alpha value is -3.12. The van der Waals surface area contributed by atoms with Gasteiger partial charge in [-0.1, -0.05) is 56.0 Å². The Bertz CT molecular complexity index is 1040. The number of Topliss-reactive ketones (excluding diaryl/α,β-unsaturated/α-hetero) is 1. The van der Waals surface area contributed by atoms with Crippen molar-refractivity contribution in [3.63, 3.8) is 0 Å². The summed E-state index contributed by atoms with van der Waals surface area (Å²) in [6.07, 6.45) is 0.761. The molecular formula is C28H36N2O4. The Morgan fingerprint density at radius 3 is 2.35 bits per heavy atom. The van der Waals surface area contributed by atoms with Crippen molar-refractivity contribution in [2.24, 2.45) is 0 Å². The van der Waals surface area contributed by atoms with Crippen LogP contribution in [0.2, 0.25) is 0 Å². The summed E-state index contributed by atoms with van der Waals surface area (Å²) in [6, 6.07) is 13.9. The maximum Gasteiger partial charge on any atom is 0.295 e. The van der Waals surface area contributed by atoms with Crippen LogP contribution in [0.15, 0.2) is 54.1 Å². The summed E-state index contributed by atoms with van der Waals surface area (Å²) >= 11 is 0. The molecule has 1 atom stereocenters. The first-order valence-electron chi connectivity index (χ1n) is 12.2. The van der Waals surface area contributed by atoms with Crippen LogP contribution < -0.4 is 14.7 Å². The molecule has 0 spiro atoms. The molecule has 0 bridgehead atoms. The number of hydrogen-bond donors (Lipinski definition) is 1. The third-order valence-corrected chi connectivity index (χ3v) is 6.71. The summed E-state index contributed by atoms with van der Waals surface area (Å²) in [6.45, 7) is 11.9. The van der Waals surface area contributed by atoms with E-state index in [9.17, 15) is 14.7 Å². The molecule has 1 aliphatic heterocycles. The molecule has 6 nitrogen and oxygen atoms in total. The van der Waals surface area contributed by atoms with Crippen LogP contribution in [-0.4, -0.2) is 49.9 Å². The molecule has 2 aromatic rings. The van der Waals surface area contributed by atoms with Gasteiger partial charge in [-0.2, -0.15) is 0 Å². The number of rotatable bonds is 10. The summed E-state index contributed by atoms with van der Waals surface area (Å²) in [7, 11) is 1.53. The molecule has 1 heterocycles. The molecule has 34 heavy (non-hydrogen) atoms. The van der Waals surface area contributed by atoms with Gasteiger partial charge in [0.15, 0.2) is 0 Å².